The third-order valence-corrected chi connectivity index (χ3v) is 6.17. The van der Waals surface area contributed by atoms with E-state index in [0.717, 1.165) is 47.7 Å². The summed E-state index contributed by atoms with van der Waals surface area (Å²) < 4.78 is 5.70. The van der Waals surface area contributed by atoms with E-state index in [1.807, 2.05) is 31.2 Å². The van der Waals surface area contributed by atoms with E-state index in [2.05, 4.69) is 16.7 Å². The molecule has 2 heterocycles. The summed E-state index contributed by atoms with van der Waals surface area (Å²) in [4.78, 5) is 13.9. The maximum atomic E-state index is 12.7. The maximum absolute atomic E-state index is 12.7. The number of hydrogen-bond donors (Lipinski definition) is 2. The SMILES string of the molecule is CCOc1ccccc1C1CC1C(=O)Nc1sc2c(c1C#N)CCNC2. The number of carbonyl (C=O) groups excluding carboxylic acids is 1. The second-order valence-corrected chi connectivity index (χ2v) is 7.76. The normalized spacial score (nSPS) is 20.8. The second-order valence-electron chi connectivity index (χ2n) is 6.66. The number of carbonyl (C=O) groups is 1. The molecule has 26 heavy (non-hydrogen) atoms. The molecule has 1 fully saturated rings. The molecule has 2 unspecified atom stereocenters. The van der Waals surface area contributed by atoms with Crippen LogP contribution in [0.5, 0.6) is 5.75 Å². The molecule has 2 atom stereocenters. The first-order valence-electron chi connectivity index (χ1n) is 9.00. The van der Waals surface area contributed by atoms with Gasteiger partial charge in [0, 0.05) is 17.3 Å². The number of amides is 1. The largest absolute Gasteiger partial charge is 0.494 e. The number of anilines is 1. The zero-order chi connectivity index (χ0) is 18.1. The fourth-order valence-electron chi connectivity index (χ4n) is 3.65. The van der Waals surface area contributed by atoms with Gasteiger partial charge in [0.15, 0.2) is 0 Å². The van der Waals surface area contributed by atoms with Gasteiger partial charge in [0.1, 0.15) is 16.8 Å². The molecule has 1 saturated carbocycles. The molecular formula is C20H21N3O2S. The molecular weight excluding hydrogens is 346 g/mol. The highest BCUT2D eigenvalue weighted by Crippen LogP contribution is 2.51. The number of nitrogens with zero attached hydrogens (tertiary/aromatic N) is 1. The molecule has 1 aromatic heterocycles. The Morgan fingerprint density at radius 3 is 3.12 bits per heavy atom. The number of ether oxygens (including phenoxy) is 1. The molecule has 2 aromatic rings. The fourth-order valence-corrected chi connectivity index (χ4v) is 4.82. The minimum absolute atomic E-state index is 0.00403. The topological polar surface area (TPSA) is 74.1 Å². The van der Waals surface area contributed by atoms with E-state index in [9.17, 15) is 10.1 Å². The van der Waals surface area contributed by atoms with Crippen LogP contribution in [0, 0.1) is 17.2 Å². The highest BCUT2D eigenvalue weighted by molar-refractivity contribution is 7.16. The Morgan fingerprint density at radius 1 is 1.46 bits per heavy atom. The number of nitriles is 1. The molecule has 0 spiro atoms. The van der Waals surface area contributed by atoms with Crippen LogP contribution in [-0.4, -0.2) is 19.1 Å². The summed E-state index contributed by atoms with van der Waals surface area (Å²) >= 11 is 1.53. The van der Waals surface area contributed by atoms with Crippen LogP contribution < -0.4 is 15.4 Å². The van der Waals surface area contributed by atoms with Crippen LogP contribution in [0.4, 0.5) is 5.00 Å². The van der Waals surface area contributed by atoms with Gasteiger partial charge in [0.25, 0.3) is 0 Å². The van der Waals surface area contributed by atoms with E-state index in [1.54, 1.807) is 0 Å². The number of hydrogen-bond acceptors (Lipinski definition) is 5. The average molecular weight is 367 g/mol. The number of fused-ring (bicyclic) bond motifs is 1. The number of benzene rings is 1. The second kappa shape index (κ2) is 7.10. The number of nitrogens with one attached hydrogen (secondary N) is 2. The molecule has 1 amide bonds. The molecule has 1 aromatic carbocycles. The molecule has 6 heteroatoms. The molecule has 1 aliphatic carbocycles. The molecule has 0 saturated heterocycles. The lowest BCUT2D eigenvalue weighted by atomic mass is 10.0. The van der Waals surface area contributed by atoms with Crippen molar-refractivity contribution in [3.05, 3.63) is 45.8 Å². The Labute approximate surface area is 157 Å². The van der Waals surface area contributed by atoms with E-state index in [-0.39, 0.29) is 17.7 Å². The van der Waals surface area contributed by atoms with Gasteiger partial charge in [-0.25, -0.2) is 0 Å². The lowest BCUT2D eigenvalue weighted by molar-refractivity contribution is -0.117. The molecule has 2 aliphatic rings. The molecule has 0 bridgehead atoms. The lowest BCUT2D eigenvalue weighted by Crippen LogP contribution is -2.22. The van der Waals surface area contributed by atoms with Crippen molar-refractivity contribution >= 4 is 22.2 Å². The van der Waals surface area contributed by atoms with Crippen LogP contribution in [0.25, 0.3) is 0 Å². The minimum Gasteiger partial charge on any atom is -0.494 e. The summed E-state index contributed by atoms with van der Waals surface area (Å²) in [5, 5.41) is 16.6. The first-order valence-corrected chi connectivity index (χ1v) is 9.82. The van der Waals surface area contributed by atoms with Crippen LogP contribution in [0.3, 0.4) is 0 Å². The molecule has 4 rings (SSSR count). The molecule has 0 radical (unpaired) electrons. The summed E-state index contributed by atoms with van der Waals surface area (Å²) in [5.41, 5.74) is 2.84. The van der Waals surface area contributed by atoms with Crippen molar-refractivity contribution in [3.63, 3.8) is 0 Å². The van der Waals surface area contributed by atoms with Gasteiger partial charge >= 0.3 is 0 Å². The quantitative estimate of drug-likeness (QED) is 0.849. The van der Waals surface area contributed by atoms with E-state index >= 15 is 0 Å². The van der Waals surface area contributed by atoms with E-state index in [0.29, 0.717) is 17.2 Å². The predicted octanol–water partition coefficient (Wildman–Crippen LogP) is 3.41. The number of para-hydroxylation sites is 1. The van der Waals surface area contributed by atoms with E-state index < -0.39 is 0 Å². The Balaban J connectivity index is 1.50. The summed E-state index contributed by atoms with van der Waals surface area (Å²) in [6, 6.07) is 10.2. The van der Waals surface area contributed by atoms with Crippen molar-refractivity contribution in [2.45, 2.75) is 32.2 Å². The van der Waals surface area contributed by atoms with Crippen molar-refractivity contribution in [1.29, 1.82) is 5.26 Å². The third-order valence-electron chi connectivity index (χ3n) is 5.02. The fraction of sp³-hybridized carbons (Fsp3) is 0.400. The average Bonchev–Trinajstić information content (AvgIpc) is 3.38. The van der Waals surface area contributed by atoms with Crippen LogP contribution >= 0.6 is 11.3 Å². The standard InChI is InChI=1S/C20H21N3O2S/c1-2-25-17-6-4-3-5-12(17)14-9-15(14)19(24)23-20-16(10-21)13-7-8-22-11-18(13)26-20/h3-6,14-15,22H,2,7-9,11H2,1H3,(H,23,24). The van der Waals surface area contributed by atoms with Gasteiger partial charge in [0.2, 0.25) is 5.91 Å². The van der Waals surface area contributed by atoms with Gasteiger partial charge < -0.3 is 15.4 Å². The van der Waals surface area contributed by atoms with Crippen molar-refractivity contribution in [2.24, 2.45) is 5.92 Å². The van der Waals surface area contributed by atoms with Gasteiger partial charge in [-0.2, -0.15) is 5.26 Å². The molecule has 134 valence electrons. The maximum Gasteiger partial charge on any atom is 0.228 e. The van der Waals surface area contributed by atoms with Gasteiger partial charge in [-0.15, -0.1) is 11.3 Å². The molecule has 5 nitrogen and oxygen atoms in total. The Kier molecular flexibility index (Phi) is 4.66. The van der Waals surface area contributed by atoms with Gasteiger partial charge in [-0.05, 0) is 49.4 Å². The van der Waals surface area contributed by atoms with Gasteiger partial charge in [-0.1, -0.05) is 18.2 Å². The zero-order valence-electron chi connectivity index (χ0n) is 14.7. The van der Waals surface area contributed by atoms with Crippen molar-refractivity contribution < 1.29 is 9.53 Å². The van der Waals surface area contributed by atoms with Gasteiger partial charge in [-0.3, -0.25) is 4.79 Å². The summed E-state index contributed by atoms with van der Waals surface area (Å²) in [6.45, 7) is 4.23. The first-order chi connectivity index (χ1) is 12.7. The van der Waals surface area contributed by atoms with Crippen LogP contribution in [0.15, 0.2) is 24.3 Å². The highest BCUT2D eigenvalue weighted by Gasteiger charge is 2.45. The Morgan fingerprint density at radius 2 is 2.31 bits per heavy atom. The Bertz CT molecular complexity index is 884. The number of rotatable bonds is 5. The van der Waals surface area contributed by atoms with Crippen LogP contribution in [0.2, 0.25) is 0 Å². The van der Waals surface area contributed by atoms with E-state index in [4.69, 9.17) is 4.74 Å². The highest BCUT2D eigenvalue weighted by atomic mass is 32.1. The predicted molar refractivity (Wildman–Crippen MR) is 102 cm³/mol. The smallest absolute Gasteiger partial charge is 0.228 e. The summed E-state index contributed by atoms with van der Waals surface area (Å²) in [6.07, 6.45) is 1.67. The minimum atomic E-state index is -0.0552. The Hall–Kier alpha value is -2.36. The monoisotopic (exact) mass is 367 g/mol. The van der Waals surface area contributed by atoms with Crippen molar-refractivity contribution in [2.75, 3.05) is 18.5 Å². The van der Waals surface area contributed by atoms with E-state index in [1.165, 1.54) is 11.3 Å². The van der Waals surface area contributed by atoms with Crippen molar-refractivity contribution in [1.82, 2.24) is 5.32 Å². The number of thiophene rings is 1. The third kappa shape index (κ3) is 3.09. The molecule has 1 aliphatic heterocycles. The van der Waals surface area contributed by atoms with Crippen molar-refractivity contribution in [3.8, 4) is 11.8 Å². The first kappa shape index (κ1) is 17.1. The lowest BCUT2D eigenvalue weighted by Gasteiger charge is -2.11. The summed E-state index contributed by atoms with van der Waals surface area (Å²) in [7, 11) is 0. The van der Waals surface area contributed by atoms with Crippen LogP contribution in [-0.2, 0) is 17.8 Å². The summed E-state index contributed by atoms with van der Waals surface area (Å²) in [5.74, 6) is 1.01. The molecule has 2 N–H and O–H groups in total. The van der Waals surface area contributed by atoms with Crippen LogP contribution in [0.1, 0.15) is 40.8 Å². The van der Waals surface area contributed by atoms with Gasteiger partial charge in [0.05, 0.1) is 12.2 Å². The zero-order valence-corrected chi connectivity index (χ0v) is 15.5.